The van der Waals surface area contributed by atoms with Crippen molar-refractivity contribution in [3.8, 4) is 0 Å². The van der Waals surface area contributed by atoms with E-state index in [1.165, 1.54) is 12.8 Å². The molecule has 0 heterocycles. The lowest BCUT2D eigenvalue weighted by molar-refractivity contribution is 0.0809. The summed E-state index contributed by atoms with van der Waals surface area (Å²) in [7, 11) is 0. The van der Waals surface area contributed by atoms with Crippen molar-refractivity contribution in [1.82, 2.24) is 0 Å². The lowest BCUT2D eigenvalue weighted by Crippen LogP contribution is -2.25. The van der Waals surface area contributed by atoms with E-state index in [2.05, 4.69) is 20.8 Å². The van der Waals surface area contributed by atoms with Gasteiger partial charge in [0.15, 0.2) is 0 Å². The molecule has 3 rings (SSSR count). The lowest BCUT2D eigenvalue weighted by atomic mass is 9.77. The van der Waals surface area contributed by atoms with Crippen LogP contribution in [0.15, 0.2) is 0 Å². The van der Waals surface area contributed by atoms with Crippen LogP contribution in [-0.2, 0) is 0 Å². The van der Waals surface area contributed by atoms with Crippen LogP contribution in [0.2, 0.25) is 0 Å². The van der Waals surface area contributed by atoms with E-state index in [0.29, 0.717) is 24.4 Å². The summed E-state index contributed by atoms with van der Waals surface area (Å²) < 4.78 is 0. The van der Waals surface area contributed by atoms with Crippen molar-refractivity contribution in [1.29, 1.82) is 0 Å². The van der Waals surface area contributed by atoms with Gasteiger partial charge in [-0.2, -0.15) is 0 Å². The van der Waals surface area contributed by atoms with Crippen LogP contribution in [0.4, 0.5) is 0 Å². The van der Waals surface area contributed by atoms with Crippen LogP contribution in [-0.4, -0.2) is 22.4 Å². The van der Waals surface area contributed by atoms with Gasteiger partial charge in [-0.25, -0.2) is 0 Å². The van der Waals surface area contributed by atoms with E-state index in [1.54, 1.807) is 0 Å². The summed E-state index contributed by atoms with van der Waals surface area (Å²) >= 11 is 0. The monoisotopic (exact) mass is 238 g/mol. The Kier molecular flexibility index (Phi) is 2.45. The van der Waals surface area contributed by atoms with Gasteiger partial charge in [0.2, 0.25) is 0 Å². The minimum Gasteiger partial charge on any atom is -0.396 e. The molecule has 3 saturated carbocycles. The van der Waals surface area contributed by atoms with Crippen molar-refractivity contribution in [2.24, 2.45) is 35.0 Å². The van der Waals surface area contributed by atoms with Gasteiger partial charge in [0.1, 0.15) is 0 Å². The lowest BCUT2D eigenvalue weighted by Gasteiger charge is -2.28. The molecule has 0 saturated heterocycles. The molecule has 2 N–H and O–H groups in total. The molecule has 3 fully saturated rings. The highest BCUT2D eigenvalue weighted by Gasteiger charge is 2.75. The van der Waals surface area contributed by atoms with Gasteiger partial charge in [-0.3, -0.25) is 0 Å². The van der Waals surface area contributed by atoms with Crippen LogP contribution in [0.25, 0.3) is 0 Å². The Balaban J connectivity index is 1.95. The second kappa shape index (κ2) is 3.48. The fourth-order valence-electron chi connectivity index (χ4n) is 5.35. The molecule has 0 unspecified atom stereocenters. The molecular formula is C15H26O2. The first-order valence-electron chi connectivity index (χ1n) is 7.26. The van der Waals surface area contributed by atoms with Crippen molar-refractivity contribution in [2.75, 3.05) is 6.61 Å². The summed E-state index contributed by atoms with van der Waals surface area (Å²) in [6.45, 7) is 7.10. The van der Waals surface area contributed by atoms with Gasteiger partial charge < -0.3 is 10.2 Å². The Morgan fingerprint density at radius 2 is 1.88 bits per heavy atom. The number of hydrogen-bond donors (Lipinski definition) is 2. The zero-order valence-corrected chi connectivity index (χ0v) is 11.3. The summed E-state index contributed by atoms with van der Waals surface area (Å²) in [5, 5.41) is 20.4. The summed E-state index contributed by atoms with van der Waals surface area (Å²) in [4.78, 5) is 0. The number of fused-ring (bicyclic) bond motifs is 3. The second-order valence-electron chi connectivity index (χ2n) is 7.40. The predicted octanol–water partition coefficient (Wildman–Crippen LogP) is 2.44. The molecule has 0 bridgehead atoms. The molecule has 2 nitrogen and oxygen atoms in total. The fourth-order valence-corrected chi connectivity index (χ4v) is 5.35. The molecule has 0 spiro atoms. The maximum Gasteiger partial charge on any atom is 0.0739 e. The van der Waals surface area contributed by atoms with Crippen LogP contribution in [0.1, 0.15) is 46.5 Å². The molecule has 0 aromatic heterocycles. The highest BCUT2D eigenvalue weighted by atomic mass is 16.3. The van der Waals surface area contributed by atoms with Gasteiger partial charge in [-0.1, -0.05) is 20.8 Å². The van der Waals surface area contributed by atoms with E-state index in [1.807, 2.05) is 0 Å². The first-order valence-corrected chi connectivity index (χ1v) is 7.26. The molecule has 3 aliphatic carbocycles. The summed E-state index contributed by atoms with van der Waals surface area (Å²) in [6, 6.07) is 0. The number of rotatable bonds is 1. The molecule has 0 radical (unpaired) electrons. The third kappa shape index (κ3) is 1.34. The standard InChI is InChI=1S/C15H26O2/c1-9-6-7-15(17)13(14(15,2)3)12-10(8-16)4-5-11(9)12/h9-13,16-17H,4-8H2,1-3H3/t9-,10+,11+,12-,13-,15+/m1/s1. The molecule has 17 heavy (non-hydrogen) atoms. The summed E-state index contributed by atoms with van der Waals surface area (Å²) in [5.41, 5.74) is -0.355. The molecule has 0 aromatic carbocycles. The van der Waals surface area contributed by atoms with Crippen LogP contribution >= 0.6 is 0 Å². The predicted molar refractivity (Wildman–Crippen MR) is 67.4 cm³/mol. The van der Waals surface area contributed by atoms with Crippen molar-refractivity contribution in [3.63, 3.8) is 0 Å². The zero-order chi connectivity index (χ0) is 12.4. The van der Waals surface area contributed by atoms with Gasteiger partial charge in [0.25, 0.3) is 0 Å². The van der Waals surface area contributed by atoms with Gasteiger partial charge in [0.05, 0.1) is 5.60 Å². The van der Waals surface area contributed by atoms with Crippen LogP contribution in [0, 0.1) is 35.0 Å². The highest BCUT2D eigenvalue weighted by Crippen LogP contribution is 2.73. The fraction of sp³-hybridized carbons (Fsp3) is 1.00. The van der Waals surface area contributed by atoms with Crippen LogP contribution in [0.3, 0.4) is 0 Å². The average molecular weight is 238 g/mol. The molecule has 0 aromatic rings. The molecular weight excluding hydrogens is 212 g/mol. The molecule has 98 valence electrons. The second-order valence-corrected chi connectivity index (χ2v) is 7.40. The summed E-state index contributed by atoms with van der Waals surface area (Å²) in [5.74, 6) is 2.91. The van der Waals surface area contributed by atoms with Crippen LogP contribution < -0.4 is 0 Å². The van der Waals surface area contributed by atoms with E-state index in [4.69, 9.17) is 0 Å². The molecule has 3 aliphatic rings. The first kappa shape index (κ1) is 12.0. The van der Waals surface area contributed by atoms with E-state index in [-0.39, 0.29) is 5.41 Å². The van der Waals surface area contributed by atoms with Gasteiger partial charge in [-0.05, 0) is 60.7 Å². The Hall–Kier alpha value is -0.0800. The maximum absolute atomic E-state index is 10.9. The Morgan fingerprint density at radius 1 is 1.18 bits per heavy atom. The Morgan fingerprint density at radius 3 is 2.53 bits per heavy atom. The minimum atomic E-state index is -0.432. The average Bonchev–Trinajstić information content (AvgIpc) is 2.61. The van der Waals surface area contributed by atoms with Crippen molar-refractivity contribution in [2.45, 2.75) is 52.1 Å². The number of aliphatic hydroxyl groups is 2. The van der Waals surface area contributed by atoms with Crippen molar-refractivity contribution in [3.05, 3.63) is 0 Å². The quantitative estimate of drug-likeness (QED) is 0.736. The maximum atomic E-state index is 10.9. The van der Waals surface area contributed by atoms with E-state index in [0.717, 1.165) is 24.7 Å². The minimum absolute atomic E-state index is 0.0772. The van der Waals surface area contributed by atoms with Crippen molar-refractivity contribution < 1.29 is 10.2 Å². The molecule has 2 heteroatoms. The molecule has 6 atom stereocenters. The third-order valence-corrected chi connectivity index (χ3v) is 6.57. The van der Waals surface area contributed by atoms with E-state index in [9.17, 15) is 10.2 Å². The Bertz CT molecular complexity index is 325. The van der Waals surface area contributed by atoms with Gasteiger partial charge in [-0.15, -0.1) is 0 Å². The van der Waals surface area contributed by atoms with E-state index >= 15 is 0 Å². The molecule has 0 amide bonds. The van der Waals surface area contributed by atoms with Gasteiger partial charge in [0, 0.05) is 6.61 Å². The molecule has 0 aliphatic heterocycles. The largest absolute Gasteiger partial charge is 0.396 e. The summed E-state index contributed by atoms with van der Waals surface area (Å²) in [6.07, 6.45) is 4.56. The number of hydrogen-bond acceptors (Lipinski definition) is 2. The topological polar surface area (TPSA) is 40.5 Å². The number of aliphatic hydroxyl groups excluding tert-OH is 1. The van der Waals surface area contributed by atoms with Gasteiger partial charge >= 0.3 is 0 Å². The van der Waals surface area contributed by atoms with Crippen molar-refractivity contribution >= 4 is 0 Å². The normalized spacial score (nSPS) is 55.9. The zero-order valence-electron chi connectivity index (χ0n) is 11.3. The SMILES string of the molecule is C[C@@H]1CC[C@]2(O)[C@H]([C@@H]3[C@H](CO)CC[C@H]31)C2(C)C. The third-order valence-electron chi connectivity index (χ3n) is 6.57. The Labute approximate surface area is 104 Å². The van der Waals surface area contributed by atoms with E-state index < -0.39 is 5.60 Å². The van der Waals surface area contributed by atoms with Crippen LogP contribution in [0.5, 0.6) is 0 Å². The highest BCUT2D eigenvalue weighted by molar-refractivity contribution is 5.24. The first-order chi connectivity index (χ1) is 7.93. The smallest absolute Gasteiger partial charge is 0.0739 e.